The van der Waals surface area contributed by atoms with Crippen LogP contribution in [0.1, 0.15) is 64.3 Å². The van der Waals surface area contributed by atoms with E-state index in [-0.39, 0.29) is 35.7 Å². The molecular formula is C24H33N3O2S. The van der Waals surface area contributed by atoms with E-state index in [1.807, 2.05) is 12.4 Å². The fraction of sp³-hybridized carbons (Fsp3) is 0.583. The molecule has 2 unspecified atom stereocenters. The Morgan fingerprint density at radius 2 is 2.07 bits per heavy atom. The number of rotatable bonds is 6. The van der Waals surface area contributed by atoms with Gasteiger partial charge >= 0.3 is 0 Å². The van der Waals surface area contributed by atoms with Crippen LogP contribution in [0.2, 0.25) is 0 Å². The number of thiazole rings is 1. The third-order valence-electron chi connectivity index (χ3n) is 6.04. The average Bonchev–Trinajstić information content (AvgIpc) is 3.07. The topological polar surface area (TPSA) is 57.8 Å². The number of aromatic nitrogens is 1. The first-order chi connectivity index (χ1) is 14.2. The third-order valence-corrected chi connectivity index (χ3v) is 7.02. The zero-order valence-corrected chi connectivity index (χ0v) is 19.5. The molecule has 0 aliphatic carbocycles. The number of nitrogens with one attached hydrogen (secondary N) is 1. The standard InChI is InChI=1S/C24H33N3O2S/c1-15(17-8-10-18(11-9-17)22-16(2)25-14-30-22)26-23-21(29-23)19-7-6-12-27(19)20(28)13-24(3,4)5/h8-11,14-15,19,21,23,26H,6-7,12-13H2,1-5H3/t15-,19-,21?,23?/m0/s1. The number of carbonyl (C=O) groups excluding carboxylic acids is 1. The molecular weight excluding hydrogens is 394 g/mol. The van der Waals surface area contributed by atoms with Crippen LogP contribution in [0.5, 0.6) is 0 Å². The van der Waals surface area contributed by atoms with E-state index in [0.717, 1.165) is 25.1 Å². The van der Waals surface area contributed by atoms with Crippen LogP contribution in [0.3, 0.4) is 0 Å². The summed E-state index contributed by atoms with van der Waals surface area (Å²) in [6.07, 6.45) is 2.84. The highest BCUT2D eigenvalue weighted by Gasteiger charge is 2.50. The van der Waals surface area contributed by atoms with Crippen molar-refractivity contribution in [3.63, 3.8) is 0 Å². The molecule has 2 aliphatic heterocycles. The molecule has 0 spiro atoms. The summed E-state index contributed by atoms with van der Waals surface area (Å²) >= 11 is 1.68. The smallest absolute Gasteiger partial charge is 0.223 e. The van der Waals surface area contributed by atoms with Gasteiger partial charge < -0.3 is 9.64 Å². The molecule has 4 atom stereocenters. The van der Waals surface area contributed by atoms with Crippen molar-refractivity contribution < 1.29 is 9.53 Å². The Bertz CT molecular complexity index is 887. The Kier molecular flexibility index (Phi) is 6.02. The minimum absolute atomic E-state index is 0.0185. The Morgan fingerprint density at radius 1 is 1.33 bits per heavy atom. The SMILES string of the molecule is Cc1ncsc1-c1ccc([C@H](C)NC2OC2[C@@H]2CCCN2C(=O)CC(C)(C)C)cc1. The van der Waals surface area contributed by atoms with E-state index in [1.54, 1.807) is 11.3 Å². The van der Waals surface area contributed by atoms with Gasteiger partial charge in [-0.15, -0.1) is 11.3 Å². The van der Waals surface area contributed by atoms with E-state index in [4.69, 9.17) is 4.74 Å². The average molecular weight is 428 g/mol. The number of carbonyl (C=O) groups is 1. The highest BCUT2D eigenvalue weighted by molar-refractivity contribution is 7.13. The van der Waals surface area contributed by atoms with Gasteiger partial charge in [-0.3, -0.25) is 10.1 Å². The first-order valence-electron chi connectivity index (χ1n) is 10.9. The van der Waals surface area contributed by atoms with Gasteiger partial charge in [0, 0.05) is 19.0 Å². The number of benzene rings is 1. The maximum absolute atomic E-state index is 12.8. The highest BCUT2D eigenvalue weighted by Crippen LogP contribution is 2.36. The van der Waals surface area contributed by atoms with Crippen molar-refractivity contribution in [3.8, 4) is 10.4 Å². The van der Waals surface area contributed by atoms with Crippen molar-refractivity contribution in [2.75, 3.05) is 6.54 Å². The van der Waals surface area contributed by atoms with Gasteiger partial charge in [-0.25, -0.2) is 4.98 Å². The summed E-state index contributed by atoms with van der Waals surface area (Å²) in [5.41, 5.74) is 5.44. The number of ether oxygens (including phenoxy) is 1. The second kappa shape index (κ2) is 8.40. The van der Waals surface area contributed by atoms with Crippen LogP contribution in [-0.2, 0) is 9.53 Å². The predicted molar refractivity (Wildman–Crippen MR) is 121 cm³/mol. The van der Waals surface area contributed by atoms with Gasteiger partial charge in [-0.1, -0.05) is 45.0 Å². The molecule has 1 N–H and O–H groups in total. The highest BCUT2D eigenvalue weighted by atomic mass is 32.1. The van der Waals surface area contributed by atoms with E-state index in [0.29, 0.717) is 6.42 Å². The monoisotopic (exact) mass is 427 g/mol. The molecule has 0 saturated carbocycles. The zero-order chi connectivity index (χ0) is 21.5. The summed E-state index contributed by atoms with van der Waals surface area (Å²) in [6, 6.07) is 9.10. The van der Waals surface area contributed by atoms with Crippen LogP contribution < -0.4 is 5.32 Å². The first kappa shape index (κ1) is 21.5. The van der Waals surface area contributed by atoms with Crippen molar-refractivity contribution in [3.05, 3.63) is 41.0 Å². The Balaban J connectivity index is 1.34. The van der Waals surface area contributed by atoms with Gasteiger partial charge in [0.05, 0.1) is 22.1 Å². The minimum atomic E-state index is 0.0185. The summed E-state index contributed by atoms with van der Waals surface area (Å²) < 4.78 is 5.99. The fourth-order valence-electron chi connectivity index (χ4n) is 4.39. The Labute approximate surface area is 183 Å². The second-order valence-corrected chi connectivity index (χ2v) is 10.7. The number of nitrogens with zero attached hydrogens (tertiary/aromatic N) is 2. The molecule has 2 fully saturated rings. The lowest BCUT2D eigenvalue weighted by atomic mass is 9.91. The van der Waals surface area contributed by atoms with Crippen LogP contribution in [0.15, 0.2) is 29.8 Å². The number of likely N-dealkylation sites (tertiary alicyclic amines) is 1. The van der Waals surface area contributed by atoms with E-state index < -0.39 is 0 Å². The molecule has 2 aliphatic rings. The molecule has 4 rings (SSSR count). The van der Waals surface area contributed by atoms with Crippen molar-refractivity contribution in [2.45, 2.75) is 78.3 Å². The molecule has 2 saturated heterocycles. The van der Waals surface area contributed by atoms with E-state index in [9.17, 15) is 4.79 Å². The summed E-state index contributed by atoms with van der Waals surface area (Å²) in [7, 11) is 0. The molecule has 2 aromatic rings. The van der Waals surface area contributed by atoms with Gasteiger partial charge in [0.1, 0.15) is 12.3 Å². The largest absolute Gasteiger partial charge is 0.351 e. The van der Waals surface area contributed by atoms with Crippen molar-refractivity contribution >= 4 is 17.2 Å². The quantitative estimate of drug-likeness (QED) is 0.665. The Morgan fingerprint density at radius 3 is 2.70 bits per heavy atom. The van der Waals surface area contributed by atoms with Crippen molar-refractivity contribution in [1.29, 1.82) is 0 Å². The normalized spacial score (nSPS) is 24.8. The lowest BCUT2D eigenvalue weighted by Gasteiger charge is -2.27. The Hall–Kier alpha value is -1.76. The number of hydrogen-bond acceptors (Lipinski definition) is 5. The number of epoxide rings is 1. The molecule has 6 heteroatoms. The van der Waals surface area contributed by atoms with E-state index >= 15 is 0 Å². The summed E-state index contributed by atoms with van der Waals surface area (Å²) in [5, 5.41) is 3.60. The van der Waals surface area contributed by atoms with Crippen LogP contribution in [0.25, 0.3) is 10.4 Å². The maximum atomic E-state index is 12.8. The lowest BCUT2D eigenvalue weighted by molar-refractivity contribution is -0.134. The number of aryl methyl sites for hydroxylation is 1. The van der Waals surface area contributed by atoms with E-state index in [2.05, 4.69) is 67.2 Å². The minimum Gasteiger partial charge on any atom is -0.351 e. The summed E-state index contributed by atoms with van der Waals surface area (Å²) in [4.78, 5) is 20.4. The number of amides is 1. The van der Waals surface area contributed by atoms with Crippen molar-refractivity contribution in [1.82, 2.24) is 15.2 Å². The molecule has 162 valence electrons. The number of hydrogen-bond donors (Lipinski definition) is 1. The van der Waals surface area contributed by atoms with Gasteiger partial charge in [0.15, 0.2) is 0 Å². The van der Waals surface area contributed by atoms with Crippen molar-refractivity contribution in [2.24, 2.45) is 5.41 Å². The van der Waals surface area contributed by atoms with Gasteiger partial charge in [-0.2, -0.15) is 0 Å². The molecule has 3 heterocycles. The molecule has 1 aromatic heterocycles. The van der Waals surface area contributed by atoms with E-state index in [1.165, 1.54) is 16.0 Å². The van der Waals surface area contributed by atoms with Gasteiger partial charge in [0.2, 0.25) is 5.91 Å². The molecule has 5 nitrogen and oxygen atoms in total. The van der Waals surface area contributed by atoms with Crippen LogP contribution in [0.4, 0.5) is 0 Å². The van der Waals surface area contributed by atoms with Crippen LogP contribution in [-0.4, -0.2) is 40.7 Å². The maximum Gasteiger partial charge on any atom is 0.223 e. The molecule has 1 aromatic carbocycles. The molecule has 1 amide bonds. The zero-order valence-electron chi connectivity index (χ0n) is 18.6. The molecule has 0 radical (unpaired) electrons. The summed E-state index contributed by atoms with van der Waals surface area (Å²) in [6.45, 7) is 11.4. The molecule has 30 heavy (non-hydrogen) atoms. The van der Waals surface area contributed by atoms with Gasteiger partial charge in [-0.05, 0) is 43.2 Å². The van der Waals surface area contributed by atoms with Crippen LogP contribution in [0, 0.1) is 12.3 Å². The fourth-order valence-corrected chi connectivity index (χ4v) is 5.21. The predicted octanol–water partition coefficient (Wildman–Crippen LogP) is 4.92. The lowest BCUT2D eigenvalue weighted by Crippen LogP contribution is -2.42. The summed E-state index contributed by atoms with van der Waals surface area (Å²) in [5.74, 6) is 0.265. The molecule has 0 bridgehead atoms. The third kappa shape index (κ3) is 4.76. The second-order valence-electron chi connectivity index (χ2n) is 9.83. The van der Waals surface area contributed by atoms with Crippen LogP contribution >= 0.6 is 11.3 Å². The van der Waals surface area contributed by atoms with Gasteiger partial charge in [0.25, 0.3) is 0 Å². The first-order valence-corrected chi connectivity index (χ1v) is 11.8.